The Hall–Kier alpha value is -0.0400. The highest BCUT2D eigenvalue weighted by Gasteiger charge is 2.47. The van der Waals surface area contributed by atoms with E-state index in [-0.39, 0.29) is 0 Å². The van der Waals surface area contributed by atoms with Crippen LogP contribution in [0, 0.1) is 5.92 Å². The first-order valence-electron chi connectivity index (χ1n) is 5.63. The van der Waals surface area contributed by atoms with Gasteiger partial charge in [0.2, 0.25) is 0 Å². The summed E-state index contributed by atoms with van der Waals surface area (Å²) in [6.07, 6.45) is 9.05. The minimum atomic E-state index is 0.906. The summed E-state index contributed by atoms with van der Waals surface area (Å²) in [5.74, 6) is 1.09. The van der Waals surface area contributed by atoms with E-state index in [1.807, 2.05) is 0 Å². The van der Waals surface area contributed by atoms with Gasteiger partial charge in [-0.2, -0.15) is 0 Å². The normalized spacial score (nSPS) is 52.8. The predicted molar refractivity (Wildman–Crippen MR) is 50.1 cm³/mol. The Morgan fingerprint density at radius 1 is 1.08 bits per heavy atom. The molecule has 68 valence electrons. The molecule has 2 aliphatic heterocycles. The Bertz CT molecular complexity index is 189. The third-order valence-electron chi connectivity index (χ3n) is 4.42. The molecule has 4 atom stereocenters. The van der Waals surface area contributed by atoms with Gasteiger partial charge in [0.1, 0.15) is 0 Å². The monoisotopic (exact) mass is 165 g/mol. The van der Waals surface area contributed by atoms with Crippen molar-refractivity contribution in [2.75, 3.05) is 0 Å². The van der Waals surface area contributed by atoms with Gasteiger partial charge in [-0.25, -0.2) is 0 Å². The van der Waals surface area contributed by atoms with Crippen LogP contribution in [-0.2, 0) is 0 Å². The lowest BCUT2D eigenvalue weighted by Crippen LogP contribution is -2.36. The van der Waals surface area contributed by atoms with E-state index >= 15 is 0 Å². The molecule has 0 spiro atoms. The van der Waals surface area contributed by atoms with Crippen LogP contribution < -0.4 is 0 Å². The van der Waals surface area contributed by atoms with E-state index in [0.717, 1.165) is 24.0 Å². The van der Waals surface area contributed by atoms with Crippen LogP contribution in [0.2, 0.25) is 0 Å². The van der Waals surface area contributed by atoms with E-state index in [9.17, 15) is 0 Å². The van der Waals surface area contributed by atoms with Crippen LogP contribution in [0.1, 0.15) is 45.4 Å². The summed E-state index contributed by atoms with van der Waals surface area (Å²) in [6.45, 7) is 2.43. The maximum absolute atomic E-state index is 2.86. The minimum absolute atomic E-state index is 0.906. The zero-order valence-electron chi connectivity index (χ0n) is 8.00. The van der Waals surface area contributed by atoms with Crippen molar-refractivity contribution in [3.63, 3.8) is 0 Å². The van der Waals surface area contributed by atoms with Gasteiger partial charge in [-0.05, 0) is 44.9 Å². The van der Waals surface area contributed by atoms with Crippen molar-refractivity contribution < 1.29 is 0 Å². The molecule has 0 aromatic rings. The Kier molecular flexibility index (Phi) is 1.52. The molecular weight excluding hydrogens is 146 g/mol. The fraction of sp³-hybridized carbons (Fsp3) is 1.00. The third kappa shape index (κ3) is 0.834. The maximum atomic E-state index is 2.86. The molecule has 1 aliphatic carbocycles. The Balaban J connectivity index is 1.89. The van der Waals surface area contributed by atoms with Crippen molar-refractivity contribution in [2.45, 2.75) is 63.6 Å². The number of nitrogens with zero attached hydrogens (tertiary/aromatic N) is 1. The van der Waals surface area contributed by atoms with Crippen LogP contribution in [0.15, 0.2) is 0 Å². The summed E-state index contributed by atoms with van der Waals surface area (Å²) in [5.41, 5.74) is 0. The topological polar surface area (TPSA) is 3.24 Å². The van der Waals surface area contributed by atoms with E-state index < -0.39 is 0 Å². The molecule has 1 nitrogen and oxygen atoms in total. The predicted octanol–water partition coefficient (Wildman–Crippen LogP) is 2.41. The summed E-state index contributed by atoms with van der Waals surface area (Å²) in [7, 11) is 0. The lowest BCUT2D eigenvalue weighted by atomic mass is 9.85. The van der Waals surface area contributed by atoms with Gasteiger partial charge in [-0.1, -0.05) is 6.42 Å². The Morgan fingerprint density at radius 3 is 2.92 bits per heavy atom. The van der Waals surface area contributed by atoms with E-state index in [4.69, 9.17) is 0 Å². The molecule has 4 unspecified atom stereocenters. The smallest absolute Gasteiger partial charge is 0.0130 e. The number of fused-ring (bicyclic) bond motifs is 5. The molecular formula is C11H19N. The van der Waals surface area contributed by atoms with E-state index in [0.29, 0.717) is 0 Å². The zero-order chi connectivity index (χ0) is 8.13. The second-order valence-corrected chi connectivity index (χ2v) is 5.02. The van der Waals surface area contributed by atoms with Crippen LogP contribution in [0.5, 0.6) is 0 Å². The lowest BCUT2D eigenvalue weighted by Gasteiger charge is -2.27. The van der Waals surface area contributed by atoms with Crippen LogP contribution >= 0.6 is 0 Å². The first kappa shape index (κ1) is 7.37. The Morgan fingerprint density at radius 2 is 2.00 bits per heavy atom. The number of rotatable bonds is 0. The van der Waals surface area contributed by atoms with Gasteiger partial charge in [0.05, 0.1) is 0 Å². The lowest BCUT2D eigenvalue weighted by molar-refractivity contribution is 0.187. The van der Waals surface area contributed by atoms with Crippen molar-refractivity contribution >= 4 is 0 Å². The minimum Gasteiger partial charge on any atom is -0.294 e. The molecule has 0 N–H and O–H groups in total. The highest BCUT2D eigenvalue weighted by Crippen LogP contribution is 2.46. The summed E-state index contributed by atoms with van der Waals surface area (Å²) < 4.78 is 0. The second kappa shape index (κ2) is 2.47. The van der Waals surface area contributed by atoms with E-state index in [1.54, 1.807) is 0 Å². The molecule has 1 saturated carbocycles. The van der Waals surface area contributed by atoms with Crippen molar-refractivity contribution in [1.82, 2.24) is 4.90 Å². The van der Waals surface area contributed by atoms with Gasteiger partial charge < -0.3 is 0 Å². The van der Waals surface area contributed by atoms with Gasteiger partial charge in [0.25, 0.3) is 0 Å². The summed E-state index contributed by atoms with van der Waals surface area (Å²) in [6, 6.07) is 2.90. The van der Waals surface area contributed by atoms with Crippen molar-refractivity contribution in [2.24, 2.45) is 5.92 Å². The van der Waals surface area contributed by atoms with Gasteiger partial charge >= 0.3 is 0 Å². The molecule has 3 rings (SSSR count). The van der Waals surface area contributed by atoms with Gasteiger partial charge in [0, 0.05) is 18.1 Å². The first-order chi connectivity index (χ1) is 5.86. The van der Waals surface area contributed by atoms with Crippen LogP contribution in [0.4, 0.5) is 0 Å². The zero-order valence-corrected chi connectivity index (χ0v) is 8.00. The van der Waals surface area contributed by atoms with Gasteiger partial charge in [-0.15, -0.1) is 0 Å². The fourth-order valence-electron chi connectivity index (χ4n) is 3.97. The van der Waals surface area contributed by atoms with Gasteiger partial charge in [-0.3, -0.25) is 4.90 Å². The summed E-state index contributed by atoms with van der Waals surface area (Å²) >= 11 is 0. The molecule has 0 radical (unpaired) electrons. The molecule has 2 saturated heterocycles. The van der Waals surface area contributed by atoms with Crippen LogP contribution in [0.25, 0.3) is 0 Å². The van der Waals surface area contributed by atoms with Crippen LogP contribution in [-0.4, -0.2) is 23.0 Å². The van der Waals surface area contributed by atoms with E-state index in [2.05, 4.69) is 11.8 Å². The van der Waals surface area contributed by atoms with Gasteiger partial charge in [0.15, 0.2) is 0 Å². The molecule has 3 aliphatic rings. The first-order valence-corrected chi connectivity index (χ1v) is 5.63. The fourth-order valence-corrected chi connectivity index (χ4v) is 3.97. The standard InChI is InChI=1S/C11H19N/c1-8-5-6-11-9-3-2-4-10(7-9)12(8)11/h8-11H,2-7H2,1H3. The largest absolute Gasteiger partial charge is 0.294 e. The van der Waals surface area contributed by atoms with E-state index in [1.165, 1.54) is 38.5 Å². The molecule has 2 bridgehead atoms. The summed E-state index contributed by atoms with van der Waals surface area (Å²) in [4.78, 5) is 2.86. The SMILES string of the molecule is CC1CCC2C3CCCC(C3)N12. The molecule has 1 heteroatoms. The molecule has 0 aromatic carbocycles. The Labute approximate surface area is 75.1 Å². The molecule has 3 fully saturated rings. The highest BCUT2D eigenvalue weighted by atomic mass is 15.3. The van der Waals surface area contributed by atoms with Crippen LogP contribution in [0.3, 0.4) is 0 Å². The maximum Gasteiger partial charge on any atom is 0.0130 e. The number of hydrogen-bond donors (Lipinski definition) is 0. The highest BCUT2D eigenvalue weighted by molar-refractivity contribution is 5.02. The van der Waals surface area contributed by atoms with Crippen molar-refractivity contribution in [3.8, 4) is 0 Å². The quantitative estimate of drug-likeness (QED) is 0.533. The van der Waals surface area contributed by atoms with Crippen molar-refractivity contribution in [3.05, 3.63) is 0 Å². The number of hydrogen-bond acceptors (Lipinski definition) is 1. The molecule has 2 heterocycles. The average Bonchev–Trinajstić information content (AvgIpc) is 2.57. The van der Waals surface area contributed by atoms with Crippen molar-refractivity contribution in [1.29, 1.82) is 0 Å². The molecule has 0 aromatic heterocycles. The average molecular weight is 165 g/mol. The third-order valence-corrected chi connectivity index (χ3v) is 4.42. The molecule has 12 heavy (non-hydrogen) atoms. The summed E-state index contributed by atoms with van der Waals surface area (Å²) in [5, 5.41) is 0. The molecule has 0 amide bonds. The second-order valence-electron chi connectivity index (χ2n) is 5.02.